The number of aliphatic hydroxyl groups excluding tert-OH is 2. The van der Waals surface area contributed by atoms with Crippen LogP contribution in [0.2, 0.25) is 0 Å². The molecule has 1 aliphatic heterocycles. The van der Waals surface area contributed by atoms with Crippen LogP contribution in [-0.2, 0) is 35.1 Å². The zero-order valence-corrected chi connectivity index (χ0v) is 14.0. The van der Waals surface area contributed by atoms with E-state index >= 15 is 0 Å². The Morgan fingerprint density at radius 1 is 1.04 bits per heavy atom. The quantitative estimate of drug-likeness (QED) is 0.694. The standard InChI is InChI=1S/C17H22O8/c1-10(19)23-15-14(22-9-12-6-4-3-5-7-12)13(8-18)25-17(21)16(15)24-11(2)20/h3-7,13-18,21H,8-9H2,1-2H3/t13-,14+,15+,16-,17-/m1/s1. The molecule has 25 heavy (non-hydrogen) atoms. The third-order valence-corrected chi connectivity index (χ3v) is 3.68. The molecule has 0 aliphatic carbocycles. The summed E-state index contributed by atoms with van der Waals surface area (Å²) in [7, 11) is 0. The monoisotopic (exact) mass is 354 g/mol. The minimum atomic E-state index is -1.55. The summed E-state index contributed by atoms with van der Waals surface area (Å²) in [5, 5.41) is 19.6. The number of carbonyl (C=O) groups is 2. The number of hydrogen-bond acceptors (Lipinski definition) is 8. The first-order valence-electron chi connectivity index (χ1n) is 7.86. The van der Waals surface area contributed by atoms with Crippen LogP contribution in [0, 0.1) is 0 Å². The molecule has 8 nitrogen and oxygen atoms in total. The van der Waals surface area contributed by atoms with Gasteiger partial charge in [0.15, 0.2) is 18.5 Å². The summed E-state index contributed by atoms with van der Waals surface area (Å²) in [5.41, 5.74) is 0.857. The maximum Gasteiger partial charge on any atom is 0.303 e. The van der Waals surface area contributed by atoms with Gasteiger partial charge in [-0.3, -0.25) is 9.59 Å². The first kappa shape index (κ1) is 19.3. The van der Waals surface area contributed by atoms with Gasteiger partial charge in [0.25, 0.3) is 0 Å². The van der Waals surface area contributed by atoms with Crippen LogP contribution in [0.4, 0.5) is 0 Å². The SMILES string of the molecule is CC(=O)O[C@@H]1[C@@H](OC(C)=O)[C@H](O)O[C@H](CO)[C@@H]1OCc1ccccc1. The van der Waals surface area contributed by atoms with Crippen LogP contribution in [0.15, 0.2) is 30.3 Å². The Hall–Kier alpha value is -2.00. The van der Waals surface area contributed by atoms with Gasteiger partial charge in [0.1, 0.15) is 12.2 Å². The Morgan fingerprint density at radius 2 is 1.64 bits per heavy atom. The van der Waals surface area contributed by atoms with Crippen molar-refractivity contribution < 1.29 is 38.7 Å². The molecule has 0 unspecified atom stereocenters. The van der Waals surface area contributed by atoms with Crippen LogP contribution >= 0.6 is 0 Å². The van der Waals surface area contributed by atoms with Gasteiger partial charge in [-0.1, -0.05) is 30.3 Å². The zero-order chi connectivity index (χ0) is 18.4. The van der Waals surface area contributed by atoms with E-state index < -0.39 is 49.3 Å². The molecule has 0 aromatic heterocycles. The number of benzene rings is 1. The number of esters is 2. The molecule has 0 saturated carbocycles. The van der Waals surface area contributed by atoms with Crippen LogP contribution in [0.3, 0.4) is 0 Å². The topological polar surface area (TPSA) is 112 Å². The molecule has 2 N–H and O–H groups in total. The molecule has 1 saturated heterocycles. The molecule has 0 spiro atoms. The second-order valence-corrected chi connectivity index (χ2v) is 5.66. The van der Waals surface area contributed by atoms with Crippen LogP contribution in [0.1, 0.15) is 19.4 Å². The minimum Gasteiger partial charge on any atom is -0.455 e. The normalized spacial score (nSPS) is 29.0. The molecule has 138 valence electrons. The number of ether oxygens (including phenoxy) is 4. The molecule has 5 atom stereocenters. The van der Waals surface area contributed by atoms with Gasteiger partial charge in [-0.15, -0.1) is 0 Å². The molecule has 1 aliphatic rings. The average Bonchev–Trinajstić information content (AvgIpc) is 2.57. The van der Waals surface area contributed by atoms with E-state index in [1.807, 2.05) is 30.3 Å². The van der Waals surface area contributed by atoms with E-state index in [9.17, 15) is 19.8 Å². The van der Waals surface area contributed by atoms with Crippen molar-refractivity contribution in [2.24, 2.45) is 0 Å². The Balaban J connectivity index is 2.21. The van der Waals surface area contributed by atoms with E-state index in [1.165, 1.54) is 6.92 Å². The Bertz CT molecular complexity index is 575. The minimum absolute atomic E-state index is 0.159. The lowest BCUT2D eigenvalue weighted by molar-refractivity contribution is -0.301. The second-order valence-electron chi connectivity index (χ2n) is 5.66. The number of aliphatic hydroxyl groups is 2. The van der Waals surface area contributed by atoms with Gasteiger partial charge in [-0.05, 0) is 5.56 Å². The molecule has 2 rings (SSSR count). The fourth-order valence-electron chi connectivity index (χ4n) is 2.65. The molecule has 0 radical (unpaired) electrons. The summed E-state index contributed by atoms with van der Waals surface area (Å²) in [4.78, 5) is 22.8. The highest BCUT2D eigenvalue weighted by Crippen LogP contribution is 2.28. The molecule has 0 amide bonds. The molecule has 0 bridgehead atoms. The maximum atomic E-state index is 11.5. The first-order chi connectivity index (χ1) is 11.9. The van der Waals surface area contributed by atoms with E-state index in [-0.39, 0.29) is 6.61 Å². The van der Waals surface area contributed by atoms with E-state index in [0.29, 0.717) is 0 Å². The van der Waals surface area contributed by atoms with Crippen molar-refractivity contribution in [3.05, 3.63) is 35.9 Å². The maximum absolute atomic E-state index is 11.5. The fourth-order valence-corrected chi connectivity index (χ4v) is 2.65. The summed E-state index contributed by atoms with van der Waals surface area (Å²) < 4.78 is 21.3. The highest BCUT2D eigenvalue weighted by molar-refractivity contribution is 5.67. The third-order valence-electron chi connectivity index (χ3n) is 3.68. The second kappa shape index (κ2) is 8.91. The predicted octanol–water partition coefficient (Wildman–Crippen LogP) is 0.145. The van der Waals surface area contributed by atoms with Crippen LogP contribution in [0.25, 0.3) is 0 Å². The van der Waals surface area contributed by atoms with Crippen molar-refractivity contribution in [2.45, 2.75) is 51.2 Å². The van der Waals surface area contributed by atoms with Gasteiger partial charge in [0.05, 0.1) is 13.2 Å². The van der Waals surface area contributed by atoms with E-state index in [4.69, 9.17) is 18.9 Å². The van der Waals surface area contributed by atoms with Gasteiger partial charge < -0.3 is 29.2 Å². The van der Waals surface area contributed by atoms with E-state index in [2.05, 4.69) is 0 Å². The molecule has 1 heterocycles. The van der Waals surface area contributed by atoms with Gasteiger partial charge >= 0.3 is 11.9 Å². The first-order valence-corrected chi connectivity index (χ1v) is 7.86. The predicted molar refractivity (Wildman–Crippen MR) is 84.1 cm³/mol. The molecular weight excluding hydrogens is 332 g/mol. The smallest absolute Gasteiger partial charge is 0.303 e. The zero-order valence-electron chi connectivity index (χ0n) is 14.0. The third kappa shape index (κ3) is 5.23. The van der Waals surface area contributed by atoms with Crippen LogP contribution in [0.5, 0.6) is 0 Å². The Kier molecular flexibility index (Phi) is 6.89. The number of rotatable bonds is 6. The molecule has 1 aromatic carbocycles. The van der Waals surface area contributed by atoms with Gasteiger partial charge in [0.2, 0.25) is 0 Å². The summed E-state index contributed by atoms with van der Waals surface area (Å²) in [6.07, 6.45) is -5.81. The molecule has 1 fully saturated rings. The van der Waals surface area contributed by atoms with E-state index in [0.717, 1.165) is 12.5 Å². The summed E-state index contributed by atoms with van der Waals surface area (Å²) in [6.45, 7) is 2.04. The summed E-state index contributed by atoms with van der Waals surface area (Å²) in [6, 6.07) is 9.23. The van der Waals surface area contributed by atoms with Crippen molar-refractivity contribution in [1.29, 1.82) is 0 Å². The van der Waals surface area contributed by atoms with Gasteiger partial charge in [0, 0.05) is 13.8 Å². The van der Waals surface area contributed by atoms with Crippen molar-refractivity contribution in [3.8, 4) is 0 Å². The van der Waals surface area contributed by atoms with Crippen LogP contribution in [-0.4, -0.2) is 59.5 Å². The van der Waals surface area contributed by atoms with Gasteiger partial charge in [-0.2, -0.15) is 0 Å². The number of hydrogen-bond donors (Lipinski definition) is 2. The lowest BCUT2D eigenvalue weighted by atomic mass is 9.98. The highest BCUT2D eigenvalue weighted by Gasteiger charge is 2.50. The highest BCUT2D eigenvalue weighted by atomic mass is 16.7. The van der Waals surface area contributed by atoms with Crippen LogP contribution < -0.4 is 0 Å². The largest absolute Gasteiger partial charge is 0.455 e. The fraction of sp³-hybridized carbons (Fsp3) is 0.529. The van der Waals surface area contributed by atoms with Gasteiger partial charge in [-0.25, -0.2) is 0 Å². The van der Waals surface area contributed by atoms with E-state index in [1.54, 1.807) is 0 Å². The van der Waals surface area contributed by atoms with Crippen molar-refractivity contribution in [1.82, 2.24) is 0 Å². The summed E-state index contributed by atoms with van der Waals surface area (Å²) in [5.74, 6) is -1.31. The Morgan fingerprint density at radius 3 is 2.20 bits per heavy atom. The molecular formula is C17H22O8. The molecule has 1 aromatic rings. The lowest BCUT2D eigenvalue weighted by Gasteiger charge is -2.42. The average molecular weight is 354 g/mol. The Labute approximate surface area is 145 Å². The summed E-state index contributed by atoms with van der Waals surface area (Å²) >= 11 is 0. The van der Waals surface area contributed by atoms with Crippen molar-refractivity contribution in [3.63, 3.8) is 0 Å². The van der Waals surface area contributed by atoms with Crippen molar-refractivity contribution in [2.75, 3.05) is 6.61 Å². The number of carbonyl (C=O) groups excluding carboxylic acids is 2. The lowest BCUT2D eigenvalue weighted by Crippen LogP contribution is -2.61. The van der Waals surface area contributed by atoms with Crippen molar-refractivity contribution >= 4 is 11.9 Å². The molecule has 8 heteroatoms.